The lowest BCUT2D eigenvalue weighted by Gasteiger charge is -2.28. The number of nitrogens with two attached hydrogens (primary N) is 1. The quantitative estimate of drug-likeness (QED) is 0.244. The van der Waals surface area contributed by atoms with Crippen molar-refractivity contribution in [2.75, 3.05) is 26.4 Å². The van der Waals surface area contributed by atoms with E-state index in [4.69, 9.17) is 25.7 Å². The molecule has 0 aliphatic carbocycles. The molecule has 0 atom stereocenters. The molecule has 0 radical (unpaired) electrons. The first-order valence-corrected chi connectivity index (χ1v) is 5.33. The largest absolute Gasteiger partial charge is 0.401 e. The molecule has 0 aliphatic rings. The van der Waals surface area contributed by atoms with Crippen molar-refractivity contribution in [3.8, 4) is 0 Å². The Morgan fingerprint density at radius 2 is 1.50 bits per heavy atom. The average molecular weight is 231 g/mol. The summed E-state index contributed by atoms with van der Waals surface area (Å²) in [5, 5.41) is 16.8. The van der Waals surface area contributed by atoms with Gasteiger partial charge in [-0.05, 0) is 0 Å². The van der Waals surface area contributed by atoms with E-state index in [0.29, 0.717) is 0 Å². The molecular formula is C5H14NO7P. The highest BCUT2D eigenvalue weighted by atomic mass is 31.2. The van der Waals surface area contributed by atoms with E-state index in [2.05, 4.69) is 9.47 Å². The van der Waals surface area contributed by atoms with Gasteiger partial charge in [0.25, 0.3) is 0 Å². The molecule has 0 aromatic carbocycles. The average Bonchev–Trinajstić information content (AvgIpc) is 2.09. The van der Waals surface area contributed by atoms with Gasteiger partial charge in [0, 0.05) is 0 Å². The van der Waals surface area contributed by atoms with Crippen LogP contribution in [0.4, 0.5) is 0 Å². The second-order valence-corrected chi connectivity index (χ2v) is 4.03. The van der Waals surface area contributed by atoms with E-state index in [1.165, 1.54) is 0 Å². The van der Waals surface area contributed by atoms with Crippen LogP contribution >= 0.6 is 7.60 Å². The zero-order chi connectivity index (χ0) is 11.2. The fourth-order valence-corrected chi connectivity index (χ4v) is 1.11. The van der Waals surface area contributed by atoms with Crippen LogP contribution in [0.2, 0.25) is 0 Å². The highest BCUT2D eigenvalue weighted by Gasteiger charge is 2.46. The second-order valence-electron chi connectivity index (χ2n) is 2.32. The van der Waals surface area contributed by atoms with Gasteiger partial charge in [0.05, 0.1) is 26.4 Å². The van der Waals surface area contributed by atoms with Crippen LogP contribution in [0.3, 0.4) is 0 Å². The van der Waals surface area contributed by atoms with Crippen molar-refractivity contribution in [2.24, 2.45) is 5.73 Å². The predicted molar refractivity (Wildman–Crippen MR) is 45.0 cm³/mol. The molecule has 0 heterocycles. The Balaban J connectivity index is 4.42. The monoisotopic (exact) mass is 231 g/mol. The fraction of sp³-hybridized carbons (Fsp3) is 1.00. The van der Waals surface area contributed by atoms with Gasteiger partial charge < -0.3 is 29.5 Å². The standard InChI is InChI=1S/C5H14NO7P/c6-5(12-3-1-7,13-4-2-8)14(9,10)11/h7-8H,1-4,6H2,(H2,9,10,11). The molecule has 0 amide bonds. The highest BCUT2D eigenvalue weighted by Crippen LogP contribution is 2.48. The molecule has 9 heteroatoms. The molecule has 0 rings (SSSR count). The Morgan fingerprint density at radius 1 is 1.14 bits per heavy atom. The Kier molecular flexibility index (Phi) is 5.72. The molecule has 0 aromatic rings. The molecule has 0 saturated heterocycles. The van der Waals surface area contributed by atoms with Gasteiger partial charge in [-0.25, -0.2) is 0 Å². The number of aliphatic hydroxyl groups is 2. The van der Waals surface area contributed by atoms with Gasteiger partial charge in [-0.1, -0.05) is 0 Å². The van der Waals surface area contributed by atoms with Gasteiger partial charge in [0.15, 0.2) is 0 Å². The van der Waals surface area contributed by atoms with Crippen molar-refractivity contribution >= 4 is 7.60 Å². The van der Waals surface area contributed by atoms with Crippen LogP contribution in [-0.2, 0) is 14.0 Å². The lowest BCUT2D eigenvalue weighted by atomic mass is 10.7. The van der Waals surface area contributed by atoms with Crippen LogP contribution in [-0.4, -0.2) is 52.1 Å². The fourth-order valence-electron chi connectivity index (χ4n) is 0.594. The molecule has 6 N–H and O–H groups in total. The van der Waals surface area contributed by atoms with E-state index in [-0.39, 0.29) is 13.2 Å². The minimum absolute atomic E-state index is 0.382. The van der Waals surface area contributed by atoms with E-state index in [1.54, 1.807) is 0 Å². The summed E-state index contributed by atoms with van der Waals surface area (Å²) in [7, 11) is -4.84. The number of rotatable bonds is 7. The molecule has 0 spiro atoms. The Hall–Kier alpha value is -0.0500. The number of aliphatic hydroxyl groups excluding tert-OH is 2. The summed E-state index contributed by atoms with van der Waals surface area (Å²) >= 11 is 0. The SMILES string of the molecule is NC(OCCO)(OCCO)P(=O)(O)O. The van der Waals surface area contributed by atoms with E-state index >= 15 is 0 Å². The maximum atomic E-state index is 10.8. The number of hydrogen-bond acceptors (Lipinski definition) is 6. The van der Waals surface area contributed by atoms with Crippen molar-refractivity contribution in [3.05, 3.63) is 0 Å². The van der Waals surface area contributed by atoms with E-state index in [9.17, 15) is 4.57 Å². The zero-order valence-corrected chi connectivity index (χ0v) is 8.26. The first-order valence-electron chi connectivity index (χ1n) is 3.71. The summed E-state index contributed by atoms with van der Waals surface area (Å²) in [6.45, 7) is -1.68. The Morgan fingerprint density at radius 3 is 1.71 bits per heavy atom. The summed E-state index contributed by atoms with van der Waals surface area (Å²) in [6.07, 6.45) is 0. The molecule has 0 unspecified atom stereocenters. The first kappa shape index (κ1) is 13.9. The summed E-state index contributed by atoms with van der Waals surface area (Å²) in [5.41, 5.74) is 2.50. The van der Waals surface area contributed by atoms with E-state index in [1.807, 2.05) is 0 Å². The van der Waals surface area contributed by atoms with Crippen LogP contribution in [0, 0.1) is 0 Å². The third kappa shape index (κ3) is 3.99. The maximum Gasteiger partial charge on any atom is 0.401 e. The molecule has 86 valence electrons. The van der Waals surface area contributed by atoms with Crippen LogP contribution in [0.5, 0.6) is 0 Å². The van der Waals surface area contributed by atoms with E-state index < -0.39 is 26.5 Å². The minimum Gasteiger partial charge on any atom is -0.394 e. The second kappa shape index (κ2) is 5.74. The lowest BCUT2D eigenvalue weighted by molar-refractivity contribution is -0.194. The third-order valence-corrected chi connectivity index (χ3v) is 2.28. The summed E-state index contributed by atoms with van der Waals surface area (Å²) in [6, 6.07) is 0. The molecule has 0 fully saturated rings. The van der Waals surface area contributed by atoms with Gasteiger partial charge in [-0.3, -0.25) is 10.3 Å². The highest BCUT2D eigenvalue weighted by molar-refractivity contribution is 7.53. The molecule has 0 bridgehead atoms. The third-order valence-electron chi connectivity index (χ3n) is 1.21. The number of ether oxygens (including phenoxy) is 2. The summed E-state index contributed by atoms with van der Waals surface area (Å²) < 4.78 is 19.8. The molecular weight excluding hydrogens is 217 g/mol. The molecule has 14 heavy (non-hydrogen) atoms. The lowest BCUT2D eigenvalue weighted by Crippen LogP contribution is -2.46. The van der Waals surface area contributed by atoms with Gasteiger partial charge in [0.1, 0.15) is 0 Å². The first-order chi connectivity index (χ1) is 6.37. The topological polar surface area (TPSA) is 142 Å². The van der Waals surface area contributed by atoms with Crippen LogP contribution < -0.4 is 5.73 Å². The van der Waals surface area contributed by atoms with Crippen molar-refractivity contribution in [1.82, 2.24) is 0 Å². The normalized spacial score (nSPS) is 13.2. The summed E-state index contributed by atoms with van der Waals surface area (Å²) in [4.78, 5) is 17.5. The van der Waals surface area contributed by atoms with Crippen LogP contribution in [0.15, 0.2) is 0 Å². The maximum absolute atomic E-state index is 10.8. The molecule has 0 aliphatic heterocycles. The van der Waals surface area contributed by atoms with Crippen molar-refractivity contribution in [3.63, 3.8) is 0 Å². The smallest absolute Gasteiger partial charge is 0.394 e. The predicted octanol–water partition coefficient (Wildman–Crippen LogP) is -2.25. The van der Waals surface area contributed by atoms with E-state index in [0.717, 1.165) is 0 Å². The minimum atomic E-state index is -4.84. The molecule has 0 saturated carbocycles. The Labute approximate surface area is 80.4 Å². The molecule has 0 aromatic heterocycles. The van der Waals surface area contributed by atoms with Gasteiger partial charge in [-0.2, -0.15) is 0 Å². The molecule has 8 nitrogen and oxygen atoms in total. The van der Waals surface area contributed by atoms with Gasteiger partial charge in [0.2, 0.25) is 0 Å². The van der Waals surface area contributed by atoms with Crippen molar-refractivity contribution < 1.29 is 34.0 Å². The van der Waals surface area contributed by atoms with Gasteiger partial charge in [-0.15, -0.1) is 0 Å². The van der Waals surface area contributed by atoms with Gasteiger partial charge >= 0.3 is 13.2 Å². The van der Waals surface area contributed by atoms with Crippen LogP contribution in [0.1, 0.15) is 0 Å². The zero-order valence-electron chi connectivity index (χ0n) is 7.37. The van der Waals surface area contributed by atoms with Crippen molar-refractivity contribution in [1.29, 1.82) is 0 Å². The van der Waals surface area contributed by atoms with Crippen molar-refractivity contribution in [2.45, 2.75) is 5.65 Å². The van der Waals surface area contributed by atoms with Crippen LogP contribution in [0.25, 0.3) is 0 Å². The number of hydrogen-bond donors (Lipinski definition) is 5. The Bertz CT molecular complexity index is 196. The summed E-state index contributed by atoms with van der Waals surface area (Å²) in [5.74, 6) is 0.